The van der Waals surface area contributed by atoms with E-state index in [1.165, 1.54) is 17.1 Å². The lowest BCUT2D eigenvalue weighted by Gasteiger charge is -2.27. The van der Waals surface area contributed by atoms with Crippen LogP contribution < -0.4 is 0 Å². The molecule has 0 radical (unpaired) electrons. The maximum atomic E-state index is 12.0. The molecule has 0 saturated carbocycles. The van der Waals surface area contributed by atoms with Crippen molar-refractivity contribution in [3.8, 4) is 0 Å². The molecule has 3 heteroatoms. The SMILES string of the molecule is O=C1C=CC(=O)N1C(c1ccccc1)c1ccccc1. The summed E-state index contributed by atoms with van der Waals surface area (Å²) >= 11 is 0. The standard InChI is InChI=1S/C17H13NO2/c19-15-11-12-16(20)18(15)17(13-7-3-1-4-8-13)14-9-5-2-6-10-14/h1-12,17H. The average molecular weight is 263 g/mol. The van der Waals surface area contributed by atoms with E-state index in [-0.39, 0.29) is 17.9 Å². The second-order valence-electron chi connectivity index (χ2n) is 4.60. The molecule has 1 heterocycles. The number of benzene rings is 2. The maximum absolute atomic E-state index is 12.0. The summed E-state index contributed by atoms with van der Waals surface area (Å²) in [5.74, 6) is -0.541. The van der Waals surface area contributed by atoms with Crippen molar-refractivity contribution >= 4 is 11.8 Å². The molecule has 1 aliphatic rings. The van der Waals surface area contributed by atoms with Gasteiger partial charge in [-0.05, 0) is 11.1 Å². The molecular formula is C17H13NO2. The van der Waals surface area contributed by atoms with Gasteiger partial charge in [-0.25, -0.2) is 0 Å². The van der Waals surface area contributed by atoms with E-state index in [2.05, 4.69) is 0 Å². The zero-order valence-electron chi connectivity index (χ0n) is 10.8. The molecule has 2 amide bonds. The molecule has 0 bridgehead atoms. The molecule has 3 nitrogen and oxygen atoms in total. The molecule has 0 atom stereocenters. The second kappa shape index (κ2) is 5.13. The summed E-state index contributed by atoms with van der Waals surface area (Å²) in [6.45, 7) is 0. The van der Waals surface area contributed by atoms with Gasteiger partial charge in [0.05, 0.1) is 6.04 Å². The topological polar surface area (TPSA) is 37.4 Å². The van der Waals surface area contributed by atoms with Crippen LogP contribution in [0.25, 0.3) is 0 Å². The summed E-state index contributed by atoms with van der Waals surface area (Å²) in [5, 5.41) is 0. The Kier molecular flexibility index (Phi) is 3.17. The fourth-order valence-electron chi connectivity index (χ4n) is 2.43. The molecule has 0 saturated heterocycles. The van der Waals surface area contributed by atoms with Gasteiger partial charge in [0, 0.05) is 12.2 Å². The van der Waals surface area contributed by atoms with Crippen LogP contribution in [0.2, 0.25) is 0 Å². The molecule has 3 rings (SSSR count). The smallest absolute Gasteiger partial charge is 0.254 e. The Labute approximate surface area is 117 Å². The third kappa shape index (κ3) is 2.14. The van der Waals surface area contributed by atoms with Crippen LogP contribution in [0.3, 0.4) is 0 Å². The summed E-state index contributed by atoms with van der Waals surface area (Å²) in [6, 6.07) is 18.8. The van der Waals surface area contributed by atoms with Crippen LogP contribution in [0.5, 0.6) is 0 Å². The first-order chi connectivity index (χ1) is 9.77. The van der Waals surface area contributed by atoms with Crippen molar-refractivity contribution in [2.24, 2.45) is 0 Å². The zero-order valence-corrected chi connectivity index (χ0v) is 10.8. The van der Waals surface area contributed by atoms with Gasteiger partial charge in [0.1, 0.15) is 0 Å². The lowest BCUT2D eigenvalue weighted by Crippen LogP contribution is -2.34. The first kappa shape index (κ1) is 12.4. The molecule has 1 aliphatic heterocycles. The number of hydrogen-bond donors (Lipinski definition) is 0. The van der Waals surface area contributed by atoms with Gasteiger partial charge in [0.25, 0.3) is 11.8 Å². The molecule has 0 fully saturated rings. The molecule has 2 aromatic carbocycles. The molecule has 0 unspecified atom stereocenters. The van der Waals surface area contributed by atoms with Crippen LogP contribution in [0.4, 0.5) is 0 Å². The first-order valence-electron chi connectivity index (χ1n) is 6.42. The van der Waals surface area contributed by atoms with E-state index in [4.69, 9.17) is 0 Å². The minimum atomic E-state index is -0.382. The third-order valence-electron chi connectivity index (χ3n) is 3.33. The second-order valence-corrected chi connectivity index (χ2v) is 4.60. The molecule has 20 heavy (non-hydrogen) atoms. The van der Waals surface area contributed by atoms with E-state index in [0.717, 1.165) is 11.1 Å². The van der Waals surface area contributed by atoms with E-state index >= 15 is 0 Å². The maximum Gasteiger partial charge on any atom is 0.254 e. The highest BCUT2D eigenvalue weighted by Gasteiger charge is 2.33. The minimum absolute atomic E-state index is 0.271. The van der Waals surface area contributed by atoms with Gasteiger partial charge in [-0.2, -0.15) is 0 Å². The molecule has 2 aromatic rings. The quantitative estimate of drug-likeness (QED) is 0.798. The van der Waals surface area contributed by atoms with E-state index < -0.39 is 0 Å². The molecule has 0 aliphatic carbocycles. The van der Waals surface area contributed by atoms with Gasteiger partial charge < -0.3 is 0 Å². The average Bonchev–Trinajstić information content (AvgIpc) is 2.82. The Hall–Kier alpha value is -2.68. The number of carbonyl (C=O) groups is 2. The van der Waals surface area contributed by atoms with Crippen molar-refractivity contribution in [2.45, 2.75) is 6.04 Å². The molecule has 98 valence electrons. The Morgan fingerprint density at radius 3 is 1.45 bits per heavy atom. The van der Waals surface area contributed by atoms with Gasteiger partial charge in [0.15, 0.2) is 0 Å². The van der Waals surface area contributed by atoms with E-state index in [1.54, 1.807) is 0 Å². The lowest BCUT2D eigenvalue weighted by atomic mass is 9.97. The van der Waals surface area contributed by atoms with Crippen LogP contribution in [0, 0.1) is 0 Å². The Balaban J connectivity index is 2.10. The Bertz CT molecular complexity index is 604. The number of hydrogen-bond acceptors (Lipinski definition) is 2. The summed E-state index contributed by atoms with van der Waals surface area (Å²) in [5.41, 5.74) is 1.84. The largest absolute Gasteiger partial charge is 0.269 e. The third-order valence-corrected chi connectivity index (χ3v) is 3.33. The highest BCUT2D eigenvalue weighted by Crippen LogP contribution is 2.30. The molecule has 0 spiro atoms. The monoisotopic (exact) mass is 263 g/mol. The minimum Gasteiger partial charge on any atom is -0.269 e. The van der Waals surface area contributed by atoms with E-state index in [9.17, 15) is 9.59 Å². The van der Waals surface area contributed by atoms with Gasteiger partial charge in [-0.15, -0.1) is 0 Å². The first-order valence-corrected chi connectivity index (χ1v) is 6.42. The van der Waals surface area contributed by atoms with E-state index in [0.29, 0.717) is 0 Å². The molecule has 0 aromatic heterocycles. The van der Waals surface area contributed by atoms with Crippen molar-refractivity contribution in [3.05, 3.63) is 83.9 Å². The van der Waals surface area contributed by atoms with Crippen LogP contribution in [-0.2, 0) is 9.59 Å². The Morgan fingerprint density at radius 2 is 1.05 bits per heavy atom. The van der Waals surface area contributed by atoms with Crippen molar-refractivity contribution in [1.29, 1.82) is 0 Å². The summed E-state index contributed by atoms with van der Waals surface area (Å²) in [6.07, 6.45) is 2.64. The highest BCUT2D eigenvalue weighted by atomic mass is 16.2. The van der Waals surface area contributed by atoms with Crippen LogP contribution in [0.1, 0.15) is 17.2 Å². The van der Waals surface area contributed by atoms with Gasteiger partial charge in [-0.3, -0.25) is 14.5 Å². The summed E-state index contributed by atoms with van der Waals surface area (Å²) < 4.78 is 0. The predicted octanol–water partition coefficient (Wildman–Crippen LogP) is 2.70. The fraction of sp³-hybridized carbons (Fsp3) is 0.0588. The van der Waals surface area contributed by atoms with Gasteiger partial charge in [0.2, 0.25) is 0 Å². The van der Waals surface area contributed by atoms with Crippen LogP contribution in [0.15, 0.2) is 72.8 Å². The lowest BCUT2D eigenvalue weighted by molar-refractivity contribution is -0.138. The summed E-state index contributed by atoms with van der Waals surface area (Å²) in [7, 11) is 0. The normalized spacial score (nSPS) is 14.3. The summed E-state index contributed by atoms with van der Waals surface area (Å²) in [4.78, 5) is 25.3. The fourth-order valence-corrected chi connectivity index (χ4v) is 2.43. The molecule has 0 N–H and O–H groups in total. The van der Waals surface area contributed by atoms with Gasteiger partial charge >= 0.3 is 0 Å². The van der Waals surface area contributed by atoms with Gasteiger partial charge in [-0.1, -0.05) is 60.7 Å². The van der Waals surface area contributed by atoms with Crippen molar-refractivity contribution in [3.63, 3.8) is 0 Å². The van der Waals surface area contributed by atoms with Crippen molar-refractivity contribution < 1.29 is 9.59 Å². The number of imide groups is 1. The van der Waals surface area contributed by atoms with Crippen LogP contribution >= 0.6 is 0 Å². The Morgan fingerprint density at radius 1 is 0.650 bits per heavy atom. The van der Waals surface area contributed by atoms with E-state index in [1.807, 2.05) is 60.7 Å². The highest BCUT2D eigenvalue weighted by molar-refractivity contribution is 6.13. The van der Waals surface area contributed by atoms with Crippen molar-refractivity contribution in [1.82, 2.24) is 4.90 Å². The van der Waals surface area contributed by atoms with Crippen LogP contribution in [-0.4, -0.2) is 16.7 Å². The zero-order chi connectivity index (χ0) is 13.9. The number of carbonyl (C=O) groups excluding carboxylic acids is 2. The number of rotatable bonds is 3. The predicted molar refractivity (Wildman–Crippen MR) is 75.7 cm³/mol. The number of nitrogens with zero attached hydrogens (tertiary/aromatic N) is 1. The van der Waals surface area contributed by atoms with Crippen molar-refractivity contribution in [2.75, 3.05) is 0 Å². The number of amides is 2. The molecular weight excluding hydrogens is 250 g/mol.